The van der Waals surface area contributed by atoms with Crippen LogP contribution in [0.1, 0.15) is 0 Å². The van der Waals surface area contributed by atoms with E-state index in [2.05, 4.69) is 173 Å². The Kier molecular flexibility index (Phi) is 6.81. The summed E-state index contributed by atoms with van der Waals surface area (Å²) in [6.07, 6.45) is 3.63. The molecule has 0 spiro atoms. The highest BCUT2D eigenvalue weighted by molar-refractivity contribution is 6.22. The normalized spacial score (nSPS) is 11.5. The topological polar surface area (TPSA) is 30.7 Å². The molecular formula is C48H31N3. The molecule has 10 aromatic rings. The molecule has 0 N–H and O–H groups in total. The van der Waals surface area contributed by atoms with Crippen molar-refractivity contribution in [3.63, 3.8) is 0 Å². The lowest BCUT2D eigenvalue weighted by atomic mass is 9.94. The Morgan fingerprint density at radius 2 is 1.04 bits per heavy atom. The Morgan fingerprint density at radius 1 is 0.392 bits per heavy atom. The lowest BCUT2D eigenvalue weighted by molar-refractivity contribution is 1.14. The largest absolute Gasteiger partial charge is 0.308 e. The van der Waals surface area contributed by atoms with Crippen LogP contribution in [-0.2, 0) is 0 Å². The van der Waals surface area contributed by atoms with Gasteiger partial charge in [-0.2, -0.15) is 0 Å². The van der Waals surface area contributed by atoms with Gasteiger partial charge in [-0.05, 0) is 74.5 Å². The molecular weight excluding hydrogens is 619 g/mol. The Bertz CT molecular complexity index is 2890. The van der Waals surface area contributed by atoms with E-state index in [1.165, 1.54) is 65.6 Å². The van der Waals surface area contributed by atoms with Gasteiger partial charge in [0.05, 0.1) is 22.6 Å². The van der Waals surface area contributed by atoms with E-state index in [1.54, 1.807) is 0 Å². The fourth-order valence-corrected chi connectivity index (χ4v) is 7.78. The molecule has 0 unspecified atom stereocenters. The van der Waals surface area contributed by atoms with E-state index in [9.17, 15) is 0 Å². The number of benzene rings is 7. The smallest absolute Gasteiger partial charge is 0.0715 e. The van der Waals surface area contributed by atoms with Gasteiger partial charge in [0.1, 0.15) is 0 Å². The Hall–Kier alpha value is -6.84. The van der Waals surface area contributed by atoms with E-state index < -0.39 is 0 Å². The second-order valence-electron chi connectivity index (χ2n) is 13.0. The maximum atomic E-state index is 5.12. The first-order chi connectivity index (χ1) is 25.3. The van der Waals surface area contributed by atoms with Crippen molar-refractivity contribution in [3.8, 4) is 50.6 Å². The molecule has 10 rings (SSSR count). The average Bonchev–Trinajstić information content (AvgIpc) is 3.57. The molecule has 0 aliphatic rings. The summed E-state index contributed by atoms with van der Waals surface area (Å²) in [5, 5.41) is 8.48. The minimum atomic E-state index is 0.935. The predicted octanol–water partition coefficient (Wildman–Crippen LogP) is 12.5. The van der Waals surface area contributed by atoms with E-state index in [0.29, 0.717) is 0 Å². The van der Waals surface area contributed by atoms with E-state index in [1.807, 2.05) is 24.5 Å². The van der Waals surface area contributed by atoms with Gasteiger partial charge in [0, 0.05) is 45.5 Å². The van der Waals surface area contributed by atoms with Crippen LogP contribution in [-0.4, -0.2) is 14.5 Å². The van der Waals surface area contributed by atoms with Crippen LogP contribution < -0.4 is 0 Å². The number of nitrogens with zero attached hydrogens (tertiary/aromatic N) is 3. The summed E-state index contributed by atoms with van der Waals surface area (Å²) in [7, 11) is 0. The standard InChI is InChI=1S/C48H31N3/c1-3-12-34(13-4-1)46-43-26-24-40-38-17-9-18-41(45-20-10-19-44(50-45)33-27-29-49-30-28-33)39(38)23-25-42(40)48(43)51(47(46)35-14-5-2-6-15-35)37-22-21-32-11-7-8-16-36(32)31-37/h1-31H. The molecule has 0 saturated carbocycles. The van der Waals surface area contributed by atoms with Gasteiger partial charge in [0.2, 0.25) is 0 Å². The van der Waals surface area contributed by atoms with Crippen molar-refractivity contribution in [3.05, 3.63) is 188 Å². The highest BCUT2D eigenvalue weighted by Crippen LogP contribution is 2.46. The van der Waals surface area contributed by atoms with Crippen molar-refractivity contribution in [2.24, 2.45) is 0 Å². The quantitative estimate of drug-likeness (QED) is 0.174. The van der Waals surface area contributed by atoms with Gasteiger partial charge >= 0.3 is 0 Å². The highest BCUT2D eigenvalue weighted by atomic mass is 15.0. The first-order valence-electron chi connectivity index (χ1n) is 17.3. The van der Waals surface area contributed by atoms with E-state index >= 15 is 0 Å². The molecule has 3 heteroatoms. The Morgan fingerprint density at radius 3 is 1.86 bits per heavy atom. The number of rotatable bonds is 5. The molecule has 0 aliphatic heterocycles. The Labute approximate surface area is 295 Å². The van der Waals surface area contributed by atoms with Gasteiger partial charge in [0.15, 0.2) is 0 Å². The zero-order chi connectivity index (χ0) is 33.7. The number of fused-ring (bicyclic) bond motifs is 6. The number of hydrogen-bond donors (Lipinski definition) is 0. The zero-order valence-electron chi connectivity index (χ0n) is 27.7. The van der Waals surface area contributed by atoms with Gasteiger partial charge in [-0.3, -0.25) is 4.98 Å². The first kappa shape index (κ1) is 29.1. The zero-order valence-corrected chi connectivity index (χ0v) is 27.7. The highest BCUT2D eigenvalue weighted by Gasteiger charge is 2.24. The summed E-state index contributed by atoms with van der Waals surface area (Å²) >= 11 is 0. The van der Waals surface area contributed by atoms with Crippen LogP contribution in [0, 0.1) is 0 Å². The van der Waals surface area contributed by atoms with Crippen molar-refractivity contribution in [1.82, 2.24) is 14.5 Å². The Balaban J connectivity index is 1.30. The summed E-state index contributed by atoms with van der Waals surface area (Å²) in [5.74, 6) is 0. The molecule has 0 radical (unpaired) electrons. The minimum Gasteiger partial charge on any atom is -0.308 e. The maximum absolute atomic E-state index is 5.12. The fraction of sp³-hybridized carbons (Fsp3) is 0. The summed E-state index contributed by atoms with van der Waals surface area (Å²) < 4.78 is 2.50. The lowest BCUT2D eigenvalue weighted by Gasteiger charge is -2.16. The number of pyridine rings is 2. The van der Waals surface area contributed by atoms with Crippen molar-refractivity contribution in [1.29, 1.82) is 0 Å². The third-order valence-corrected chi connectivity index (χ3v) is 10.1. The molecule has 238 valence electrons. The SMILES string of the molecule is c1ccc(-c2c(-c3ccccc3)n(-c3ccc4ccccc4c3)c3c2ccc2c4cccc(-c5cccc(-c6ccncc6)n5)c4ccc23)cc1. The van der Waals surface area contributed by atoms with Gasteiger partial charge in [-0.1, -0.05) is 140 Å². The molecule has 0 bridgehead atoms. The molecule has 0 saturated heterocycles. The third-order valence-electron chi connectivity index (χ3n) is 10.1. The predicted molar refractivity (Wildman–Crippen MR) is 213 cm³/mol. The summed E-state index contributed by atoms with van der Waals surface area (Å²) in [6.45, 7) is 0. The van der Waals surface area contributed by atoms with Crippen LogP contribution in [0.15, 0.2) is 188 Å². The summed E-state index contributed by atoms with van der Waals surface area (Å²) in [6, 6.07) is 63.2. The van der Waals surface area contributed by atoms with Crippen molar-refractivity contribution in [2.75, 3.05) is 0 Å². The molecule has 7 aromatic carbocycles. The van der Waals surface area contributed by atoms with Gasteiger partial charge in [-0.25, -0.2) is 4.98 Å². The van der Waals surface area contributed by atoms with Gasteiger partial charge in [0.25, 0.3) is 0 Å². The van der Waals surface area contributed by atoms with E-state index in [0.717, 1.165) is 28.2 Å². The number of hydrogen-bond acceptors (Lipinski definition) is 2. The van der Waals surface area contributed by atoms with E-state index in [4.69, 9.17) is 4.98 Å². The second kappa shape index (κ2) is 11.9. The molecule has 51 heavy (non-hydrogen) atoms. The number of aromatic nitrogens is 3. The second-order valence-corrected chi connectivity index (χ2v) is 13.0. The van der Waals surface area contributed by atoms with Crippen molar-refractivity contribution >= 4 is 43.2 Å². The molecule has 3 heterocycles. The molecule has 3 aromatic heterocycles. The minimum absolute atomic E-state index is 0.935. The summed E-state index contributed by atoms with van der Waals surface area (Å²) in [4.78, 5) is 9.32. The molecule has 0 fully saturated rings. The monoisotopic (exact) mass is 649 g/mol. The van der Waals surface area contributed by atoms with Crippen LogP contribution in [0.25, 0.3) is 93.8 Å². The molecule has 0 atom stereocenters. The fourth-order valence-electron chi connectivity index (χ4n) is 7.78. The van der Waals surface area contributed by atoms with Gasteiger partial charge in [-0.15, -0.1) is 0 Å². The maximum Gasteiger partial charge on any atom is 0.0715 e. The van der Waals surface area contributed by atoms with Crippen molar-refractivity contribution < 1.29 is 0 Å². The molecule has 0 amide bonds. The van der Waals surface area contributed by atoms with Gasteiger partial charge < -0.3 is 4.57 Å². The molecule has 0 aliphatic carbocycles. The van der Waals surface area contributed by atoms with E-state index in [-0.39, 0.29) is 0 Å². The first-order valence-corrected chi connectivity index (χ1v) is 17.3. The third kappa shape index (κ3) is 4.82. The summed E-state index contributed by atoms with van der Waals surface area (Å²) in [5.41, 5.74) is 11.2. The van der Waals surface area contributed by atoms with Crippen LogP contribution >= 0.6 is 0 Å². The van der Waals surface area contributed by atoms with Crippen LogP contribution in [0.2, 0.25) is 0 Å². The molecule has 3 nitrogen and oxygen atoms in total. The van der Waals surface area contributed by atoms with Crippen LogP contribution in [0.4, 0.5) is 0 Å². The van der Waals surface area contributed by atoms with Crippen LogP contribution in [0.5, 0.6) is 0 Å². The average molecular weight is 650 g/mol. The van der Waals surface area contributed by atoms with Crippen molar-refractivity contribution in [2.45, 2.75) is 0 Å². The lowest BCUT2D eigenvalue weighted by Crippen LogP contribution is -1.98. The van der Waals surface area contributed by atoms with Crippen LogP contribution in [0.3, 0.4) is 0 Å².